The SMILES string of the molecule is CCCCCCCCCc1c(F)c(F)c(CCCC)c(F)c1F. The summed E-state index contributed by atoms with van der Waals surface area (Å²) in [4.78, 5) is 0. The monoisotopic (exact) mass is 332 g/mol. The highest BCUT2D eigenvalue weighted by atomic mass is 19.2. The first-order valence-electron chi connectivity index (χ1n) is 8.88. The van der Waals surface area contributed by atoms with Gasteiger partial charge >= 0.3 is 0 Å². The molecule has 0 aromatic heterocycles. The zero-order valence-electron chi connectivity index (χ0n) is 14.3. The van der Waals surface area contributed by atoms with E-state index >= 15 is 0 Å². The van der Waals surface area contributed by atoms with Crippen molar-refractivity contribution in [3.63, 3.8) is 0 Å². The van der Waals surface area contributed by atoms with Gasteiger partial charge in [0.05, 0.1) is 0 Å². The van der Waals surface area contributed by atoms with Gasteiger partial charge in [-0.3, -0.25) is 0 Å². The number of rotatable bonds is 11. The second-order valence-electron chi connectivity index (χ2n) is 6.19. The van der Waals surface area contributed by atoms with Crippen LogP contribution >= 0.6 is 0 Å². The van der Waals surface area contributed by atoms with E-state index in [-0.39, 0.29) is 12.8 Å². The van der Waals surface area contributed by atoms with Crippen molar-refractivity contribution in [2.24, 2.45) is 0 Å². The zero-order chi connectivity index (χ0) is 17.2. The van der Waals surface area contributed by atoms with Crippen LogP contribution in [-0.2, 0) is 12.8 Å². The molecule has 0 saturated heterocycles. The van der Waals surface area contributed by atoms with Gasteiger partial charge in [0, 0.05) is 11.1 Å². The molecule has 1 aromatic carbocycles. The molecule has 0 nitrogen and oxygen atoms in total. The van der Waals surface area contributed by atoms with Crippen molar-refractivity contribution in [3.05, 3.63) is 34.4 Å². The maximum atomic E-state index is 14.0. The molecule has 0 bridgehead atoms. The van der Waals surface area contributed by atoms with Gasteiger partial charge in [-0.15, -0.1) is 0 Å². The minimum absolute atomic E-state index is 0.0275. The predicted octanol–water partition coefficient (Wildman–Crippen LogP) is 6.88. The average Bonchev–Trinajstić information content (AvgIpc) is 2.55. The highest BCUT2D eigenvalue weighted by Crippen LogP contribution is 2.27. The third-order valence-electron chi connectivity index (χ3n) is 4.26. The molecule has 0 aliphatic heterocycles. The Morgan fingerprint density at radius 3 is 1.26 bits per heavy atom. The van der Waals surface area contributed by atoms with Crippen molar-refractivity contribution in [1.82, 2.24) is 0 Å². The highest BCUT2D eigenvalue weighted by molar-refractivity contribution is 5.30. The second kappa shape index (κ2) is 10.7. The third kappa shape index (κ3) is 5.82. The lowest BCUT2D eigenvalue weighted by Crippen LogP contribution is -2.09. The van der Waals surface area contributed by atoms with Crippen LogP contribution in [0.3, 0.4) is 0 Å². The molecule has 0 unspecified atom stereocenters. The molecule has 0 spiro atoms. The van der Waals surface area contributed by atoms with Gasteiger partial charge in [0.15, 0.2) is 23.3 Å². The lowest BCUT2D eigenvalue weighted by atomic mass is 9.99. The number of unbranched alkanes of at least 4 members (excludes halogenated alkanes) is 7. The Bertz CT molecular complexity index is 454. The molecule has 0 aliphatic rings. The zero-order valence-corrected chi connectivity index (χ0v) is 14.3. The van der Waals surface area contributed by atoms with E-state index in [1.165, 1.54) is 12.8 Å². The van der Waals surface area contributed by atoms with Crippen LogP contribution in [0.5, 0.6) is 0 Å². The van der Waals surface area contributed by atoms with Crippen LogP contribution in [-0.4, -0.2) is 0 Å². The molecular formula is C19H28F4. The molecule has 0 radical (unpaired) electrons. The molecule has 1 aromatic rings. The van der Waals surface area contributed by atoms with Crippen LogP contribution in [0.25, 0.3) is 0 Å². The fraction of sp³-hybridized carbons (Fsp3) is 0.684. The smallest absolute Gasteiger partial charge is 0.165 e. The first kappa shape index (κ1) is 20.0. The molecule has 0 amide bonds. The first-order chi connectivity index (χ1) is 11.0. The fourth-order valence-electron chi connectivity index (χ4n) is 2.77. The Hall–Kier alpha value is -1.06. The van der Waals surface area contributed by atoms with Crippen molar-refractivity contribution < 1.29 is 17.6 Å². The molecule has 0 atom stereocenters. The maximum absolute atomic E-state index is 14.0. The summed E-state index contributed by atoms with van der Waals surface area (Å²) in [6.07, 6.45) is 8.27. The van der Waals surface area contributed by atoms with Gasteiger partial charge in [0.1, 0.15) is 0 Å². The van der Waals surface area contributed by atoms with Crippen molar-refractivity contribution in [3.8, 4) is 0 Å². The first-order valence-corrected chi connectivity index (χ1v) is 8.88. The van der Waals surface area contributed by atoms with Gasteiger partial charge in [0.25, 0.3) is 0 Å². The summed E-state index contributed by atoms with van der Waals surface area (Å²) in [6.45, 7) is 4.00. The summed E-state index contributed by atoms with van der Waals surface area (Å²) in [7, 11) is 0. The molecule has 0 N–H and O–H groups in total. The van der Waals surface area contributed by atoms with Gasteiger partial charge < -0.3 is 0 Å². The number of hydrogen-bond acceptors (Lipinski definition) is 0. The van der Waals surface area contributed by atoms with E-state index in [0.717, 1.165) is 25.7 Å². The normalized spacial score (nSPS) is 11.2. The average molecular weight is 332 g/mol. The van der Waals surface area contributed by atoms with Crippen LogP contribution in [0.4, 0.5) is 17.6 Å². The van der Waals surface area contributed by atoms with Crippen LogP contribution < -0.4 is 0 Å². The molecule has 1 rings (SSSR count). The quantitative estimate of drug-likeness (QED) is 0.235. The molecule has 23 heavy (non-hydrogen) atoms. The van der Waals surface area contributed by atoms with Gasteiger partial charge in [0.2, 0.25) is 0 Å². The summed E-state index contributed by atoms with van der Waals surface area (Å²) in [5, 5.41) is 0. The van der Waals surface area contributed by atoms with Gasteiger partial charge in [-0.2, -0.15) is 0 Å². The minimum Gasteiger partial charge on any atom is -0.203 e. The predicted molar refractivity (Wildman–Crippen MR) is 86.6 cm³/mol. The van der Waals surface area contributed by atoms with Crippen LogP contribution in [0, 0.1) is 23.3 Å². The molecule has 0 saturated carbocycles. The van der Waals surface area contributed by atoms with Crippen LogP contribution in [0.15, 0.2) is 0 Å². The van der Waals surface area contributed by atoms with Gasteiger partial charge in [-0.25, -0.2) is 17.6 Å². The topological polar surface area (TPSA) is 0 Å². The van der Waals surface area contributed by atoms with E-state index in [2.05, 4.69) is 6.92 Å². The van der Waals surface area contributed by atoms with E-state index in [1.807, 2.05) is 6.92 Å². The van der Waals surface area contributed by atoms with Crippen LogP contribution in [0.1, 0.15) is 82.8 Å². The largest absolute Gasteiger partial charge is 0.203 e. The minimum atomic E-state index is -1.21. The Kier molecular flexibility index (Phi) is 9.27. The van der Waals surface area contributed by atoms with Gasteiger partial charge in [-0.1, -0.05) is 58.8 Å². The van der Waals surface area contributed by atoms with E-state index in [9.17, 15) is 17.6 Å². The molecule has 132 valence electrons. The van der Waals surface area contributed by atoms with E-state index in [0.29, 0.717) is 19.3 Å². The number of hydrogen-bond donors (Lipinski definition) is 0. The lowest BCUT2D eigenvalue weighted by molar-refractivity contribution is 0.420. The van der Waals surface area contributed by atoms with Crippen molar-refractivity contribution >= 4 is 0 Å². The third-order valence-corrected chi connectivity index (χ3v) is 4.26. The summed E-state index contributed by atoms with van der Waals surface area (Å²) in [5.41, 5.74) is -0.890. The molecule has 0 fully saturated rings. The van der Waals surface area contributed by atoms with E-state index in [4.69, 9.17) is 0 Å². The van der Waals surface area contributed by atoms with Crippen molar-refractivity contribution in [1.29, 1.82) is 0 Å². The van der Waals surface area contributed by atoms with E-state index < -0.39 is 34.4 Å². The van der Waals surface area contributed by atoms with Gasteiger partial charge in [-0.05, 0) is 25.7 Å². The van der Waals surface area contributed by atoms with Crippen LogP contribution in [0.2, 0.25) is 0 Å². The Morgan fingerprint density at radius 1 is 0.478 bits per heavy atom. The molecular weight excluding hydrogens is 304 g/mol. The summed E-state index contributed by atoms with van der Waals surface area (Å²) in [6, 6.07) is 0. The Morgan fingerprint density at radius 2 is 0.826 bits per heavy atom. The molecule has 4 heteroatoms. The molecule has 0 heterocycles. The number of benzene rings is 1. The van der Waals surface area contributed by atoms with Crippen molar-refractivity contribution in [2.75, 3.05) is 0 Å². The Balaban J connectivity index is 2.65. The molecule has 0 aliphatic carbocycles. The van der Waals surface area contributed by atoms with Crippen molar-refractivity contribution in [2.45, 2.75) is 84.5 Å². The second-order valence-corrected chi connectivity index (χ2v) is 6.19. The summed E-state index contributed by atoms with van der Waals surface area (Å²) >= 11 is 0. The summed E-state index contributed by atoms with van der Waals surface area (Å²) < 4.78 is 56.0. The highest BCUT2D eigenvalue weighted by Gasteiger charge is 2.24. The standard InChI is InChI=1S/C19H28F4/c1-3-5-7-8-9-10-11-13-15-18(22)16(20)14(12-6-4-2)17(21)19(15)23/h3-13H2,1-2H3. The lowest BCUT2D eigenvalue weighted by Gasteiger charge is -2.12. The van der Waals surface area contributed by atoms with E-state index in [1.54, 1.807) is 0 Å². The summed E-state index contributed by atoms with van der Waals surface area (Å²) in [5.74, 6) is -4.84. The fourth-order valence-corrected chi connectivity index (χ4v) is 2.77. The Labute approximate surface area is 137 Å². The number of halogens is 4. The maximum Gasteiger partial charge on any atom is 0.165 e.